The van der Waals surface area contributed by atoms with Crippen molar-refractivity contribution >= 4 is 46.2 Å². The first-order valence-electron chi connectivity index (χ1n) is 4.96. The molecule has 0 fully saturated rings. The van der Waals surface area contributed by atoms with Crippen LogP contribution in [0.1, 0.15) is 20.8 Å². The van der Waals surface area contributed by atoms with Gasteiger partial charge in [-0.3, -0.25) is 0 Å². The van der Waals surface area contributed by atoms with Gasteiger partial charge in [0.2, 0.25) is 0 Å². The molecular weight excluding hydrogens is 279 g/mol. The molecule has 0 aromatic heterocycles. The molecule has 0 saturated carbocycles. The number of thiocarbonyl (C=S) groups is 1. The largest absolute Gasteiger partial charge is 0.504 e. The summed E-state index contributed by atoms with van der Waals surface area (Å²) in [7, 11) is 0. The lowest BCUT2D eigenvalue weighted by Gasteiger charge is -2.23. The molecule has 0 atom stereocenters. The van der Waals surface area contributed by atoms with E-state index in [1.807, 2.05) is 20.8 Å². The van der Waals surface area contributed by atoms with Crippen molar-refractivity contribution in [3.05, 3.63) is 22.2 Å². The molecule has 0 radical (unpaired) electrons. The molecule has 0 unspecified atom stereocenters. The average molecular weight is 293 g/mol. The van der Waals surface area contributed by atoms with Gasteiger partial charge < -0.3 is 15.7 Å². The van der Waals surface area contributed by atoms with Crippen molar-refractivity contribution in [2.45, 2.75) is 26.3 Å². The van der Waals surface area contributed by atoms with Crippen LogP contribution in [-0.4, -0.2) is 15.8 Å². The predicted octanol–water partition coefficient (Wildman–Crippen LogP) is 3.78. The van der Waals surface area contributed by atoms with Gasteiger partial charge in [0, 0.05) is 10.6 Å². The van der Waals surface area contributed by atoms with E-state index in [1.165, 1.54) is 6.07 Å². The zero-order valence-corrected chi connectivity index (χ0v) is 12.1. The average Bonchev–Trinajstić information content (AvgIpc) is 2.10. The minimum absolute atomic E-state index is 0.0749. The van der Waals surface area contributed by atoms with E-state index in [0.29, 0.717) is 15.8 Å². The number of rotatable bonds is 1. The van der Waals surface area contributed by atoms with Crippen LogP contribution in [0.25, 0.3) is 0 Å². The molecule has 0 heterocycles. The maximum atomic E-state index is 9.73. The van der Waals surface area contributed by atoms with Crippen LogP contribution in [0, 0.1) is 0 Å². The summed E-state index contributed by atoms with van der Waals surface area (Å²) in [5, 5.41) is 16.6. The van der Waals surface area contributed by atoms with Gasteiger partial charge >= 0.3 is 0 Å². The van der Waals surface area contributed by atoms with Gasteiger partial charge in [-0.15, -0.1) is 0 Å². The van der Waals surface area contributed by atoms with Gasteiger partial charge in [-0.25, -0.2) is 0 Å². The molecule has 1 rings (SSSR count). The van der Waals surface area contributed by atoms with E-state index >= 15 is 0 Å². The van der Waals surface area contributed by atoms with E-state index in [2.05, 4.69) is 10.6 Å². The lowest BCUT2D eigenvalue weighted by atomic mass is 10.1. The summed E-state index contributed by atoms with van der Waals surface area (Å²) in [5.41, 5.74) is 0.214. The highest BCUT2D eigenvalue weighted by Crippen LogP contribution is 2.34. The van der Waals surface area contributed by atoms with E-state index < -0.39 is 0 Å². The van der Waals surface area contributed by atoms with Crippen LogP contribution in [0.2, 0.25) is 10.0 Å². The van der Waals surface area contributed by atoms with Crippen LogP contribution in [0.4, 0.5) is 5.69 Å². The Labute approximate surface area is 116 Å². The van der Waals surface area contributed by atoms with Gasteiger partial charge in [0.25, 0.3) is 0 Å². The first-order chi connectivity index (χ1) is 7.69. The number of phenolic OH excluding ortho intramolecular Hbond substituents is 1. The van der Waals surface area contributed by atoms with E-state index in [9.17, 15) is 5.11 Å². The number of halogens is 2. The number of hydrogen-bond donors (Lipinski definition) is 3. The number of anilines is 1. The van der Waals surface area contributed by atoms with Gasteiger partial charge in [0.05, 0.1) is 10.7 Å². The predicted molar refractivity (Wildman–Crippen MR) is 77.2 cm³/mol. The molecule has 6 heteroatoms. The fourth-order valence-corrected chi connectivity index (χ4v) is 2.06. The zero-order chi connectivity index (χ0) is 13.2. The SMILES string of the molecule is CC(C)(C)NC(=S)Nc1cc(Cl)cc(Cl)c1O. The van der Waals surface area contributed by atoms with Crippen molar-refractivity contribution in [2.75, 3.05) is 5.32 Å². The number of phenols is 1. The topological polar surface area (TPSA) is 44.3 Å². The quantitative estimate of drug-likeness (QED) is 0.544. The highest BCUT2D eigenvalue weighted by molar-refractivity contribution is 7.80. The third kappa shape index (κ3) is 4.58. The normalized spacial score (nSPS) is 11.1. The van der Waals surface area contributed by atoms with Crippen LogP contribution in [-0.2, 0) is 0 Å². The number of nitrogens with one attached hydrogen (secondary N) is 2. The zero-order valence-electron chi connectivity index (χ0n) is 9.77. The Morgan fingerprint density at radius 3 is 2.41 bits per heavy atom. The maximum absolute atomic E-state index is 9.73. The van der Waals surface area contributed by atoms with Crippen LogP contribution >= 0.6 is 35.4 Å². The molecule has 17 heavy (non-hydrogen) atoms. The smallest absolute Gasteiger partial charge is 0.171 e. The van der Waals surface area contributed by atoms with E-state index in [0.717, 1.165) is 0 Å². The molecule has 94 valence electrons. The number of aromatic hydroxyl groups is 1. The highest BCUT2D eigenvalue weighted by Gasteiger charge is 2.13. The monoisotopic (exact) mass is 292 g/mol. The summed E-state index contributed by atoms with van der Waals surface area (Å²) in [6.07, 6.45) is 0. The Balaban J connectivity index is 2.85. The molecule has 0 amide bonds. The summed E-state index contributed by atoms with van der Waals surface area (Å²) >= 11 is 16.7. The lowest BCUT2D eigenvalue weighted by molar-refractivity contribution is 0.477. The molecule has 1 aromatic carbocycles. The van der Waals surface area contributed by atoms with Gasteiger partial charge in [0.15, 0.2) is 10.9 Å². The molecule has 0 spiro atoms. The summed E-state index contributed by atoms with van der Waals surface area (Å²) in [6.45, 7) is 5.93. The van der Waals surface area contributed by atoms with Crippen molar-refractivity contribution in [3.63, 3.8) is 0 Å². The molecule has 0 aliphatic carbocycles. The van der Waals surface area contributed by atoms with Gasteiger partial charge in [-0.1, -0.05) is 23.2 Å². The van der Waals surface area contributed by atoms with Crippen LogP contribution in [0.5, 0.6) is 5.75 Å². The molecule has 0 saturated heterocycles. The molecule has 0 bridgehead atoms. The maximum Gasteiger partial charge on any atom is 0.171 e. The summed E-state index contributed by atoms with van der Waals surface area (Å²) in [4.78, 5) is 0. The molecule has 0 aliphatic rings. The minimum Gasteiger partial charge on any atom is -0.504 e. The standard InChI is InChI=1S/C11H14Cl2N2OS/c1-11(2,3)15-10(17)14-8-5-6(12)4-7(13)9(8)16/h4-5,16H,1-3H3,(H2,14,15,17). The third-order valence-electron chi connectivity index (χ3n) is 1.76. The summed E-state index contributed by atoms with van der Waals surface area (Å²) in [5.74, 6) is -0.0749. The first kappa shape index (κ1) is 14.4. The van der Waals surface area contributed by atoms with E-state index in [-0.39, 0.29) is 16.3 Å². The molecule has 3 N–H and O–H groups in total. The third-order valence-corrected chi connectivity index (χ3v) is 2.48. The summed E-state index contributed by atoms with van der Waals surface area (Å²) in [6, 6.07) is 3.02. The molecule has 1 aromatic rings. The highest BCUT2D eigenvalue weighted by atomic mass is 35.5. The Morgan fingerprint density at radius 2 is 1.88 bits per heavy atom. The second-order valence-corrected chi connectivity index (χ2v) is 5.86. The van der Waals surface area contributed by atoms with Gasteiger partial charge in [0.1, 0.15) is 0 Å². The number of benzene rings is 1. The van der Waals surface area contributed by atoms with Crippen molar-refractivity contribution in [1.82, 2.24) is 5.32 Å². The molecule has 3 nitrogen and oxygen atoms in total. The summed E-state index contributed by atoms with van der Waals surface area (Å²) < 4.78 is 0. The van der Waals surface area contributed by atoms with Gasteiger partial charge in [-0.05, 0) is 45.1 Å². The van der Waals surface area contributed by atoms with Crippen molar-refractivity contribution < 1.29 is 5.11 Å². The van der Waals surface area contributed by atoms with Crippen LogP contribution in [0.3, 0.4) is 0 Å². The number of hydrogen-bond acceptors (Lipinski definition) is 2. The van der Waals surface area contributed by atoms with Gasteiger partial charge in [-0.2, -0.15) is 0 Å². The van der Waals surface area contributed by atoms with Crippen molar-refractivity contribution in [1.29, 1.82) is 0 Å². The first-order valence-corrected chi connectivity index (χ1v) is 6.12. The Kier molecular flexibility index (Phi) is 4.47. The Bertz CT molecular complexity index is 444. The van der Waals surface area contributed by atoms with Crippen LogP contribution < -0.4 is 10.6 Å². The van der Waals surface area contributed by atoms with E-state index in [1.54, 1.807) is 6.07 Å². The van der Waals surface area contributed by atoms with E-state index in [4.69, 9.17) is 35.4 Å². The van der Waals surface area contributed by atoms with Crippen LogP contribution in [0.15, 0.2) is 12.1 Å². The lowest BCUT2D eigenvalue weighted by Crippen LogP contribution is -2.42. The van der Waals surface area contributed by atoms with Crippen molar-refractivity contribution in [3.8, 4) is 5.75 Å². The Hall–Kier alpha value is -0.710. The molecule has 0 aliphatic heterocycles. The van der Waals surface area contributed by atoms with Crippen molar-refractivity contribution in [2.24, 2.45) is 0 Å². The second kappa shape index (κ2) is 5.29. The second-order valence-electron chi connectivity index (χ2n) is 4.61. The molecular formula is C11H14Cl2N2OS. The fourth-order valence-electron chi connectivity index (χ4n) is 1.16. The minimum atomic E-state index is -0.165. The Morgan fingerprint density at radius 1 is 1.29 bits per heavy atom. The fraction of sp³-hybridized carbons (Fsp3) is 0.364.